The van der Waals surface area contributed by atoms with Crippen LogP contribution in [0.25, 0.3) is 39.8 Å². The number of nitrogens with zero attached hydrogens (tertiary/aromatic N) is 6. The number of aromatic nitrogens is 4. The van der Waals surface area contributed by atoms with Crippen molar-refractivity contribution in [3.05, 3.63) is 211 Å². The fourth-order valence-corrected chi connectivity index (χ4v) is 7.45. The van der Waals surface area contributed by atoms with E-state index in [1.807, 2.05) is 98.1 Å². The molecular weight excluding hydrogens is 685 g/mol. The highest BCUT2D eigenvalue weighted by atomic mass is 15.1. The van der Waals surface area contributed by atoms with Crippen LogP contribution >= 0.6 is 0 Å². The van der Waals surface area contributed by atoms with Crippen molar-refractivity contribution in [1.82, 2.24) is 19.9 Å². The van der Waals surface area contributed by atoms with Crippen LogP contribution in [0, 0.1) is 0 Å². The molecule has 8 aromatic rings. The van der Waals surface area contributed by atoms with Gasteiger partial charge in [0.25, 0.3) is 0 Å². The summed E-state index contributed by atoms with van der Waals surface area (Å²) in [4.78, 5) is 21.8. The molecule has 1 aliphatic rings. The first-order valence-electron chi connectivity index (χ1n) is 18.8. The van der Waals surface area contributed by atoms with E-state index < -0.39 is 0 Å². The summed E-state index contributed by atoms with van der Waals surface area (Å²) >= 11 is 0. The molecule has 0 saturated carbocycles. The van der Waals surface area contributed by atoms with Gasteiger partial charge in [-0.15, -0.1) is 0 Å². The second kappa shape index (κ2) is 15.9. The molecule has 0 bridgehead atoms. The lowest BCUT2D eigenvalue weighted by Gasteiger charge is -2.27. The zero-order chi connectivity index (χ0) is 37.5. The summed E-state index contributed by atoms with van der Waals surface area (Å²) in [5, 5.41) is 4.62. The van der Waals surface area contributed by atoms with Crippen LogP contribution in [-0.4, -0.2) is 19.9 Å². The highest BCUT2D eigenvalue weighted by molar-refractivity contribution is 6.15. The number of hydrogen-bond acceptors (Lipinski definition) is 6. The fraction of sp³-hybridized carbons (Fsp3) is 0.0400. The molecule has 4 aromatic heterocycles. The van der Waals surface area contributed by atoms with Gasteiger partial charge in [-0.2, -0.15) is 0 Å². The van der Waals surface area contributed by atoms with Crippen LogP contribution in [0.1, 0.15) is 29.5 Å². The summed E-state index contributed by atoms with van der Waals surface area (Å²) in [6.07, 6.45) is 32.6. The first-order valence-corrected chi connectivity index (χ1v) is 18.8. The molecule has 0 unspecified atom stereocenters. The summed E-state index contributed by atoms with van der Waals surface area (Å²) in [5.41, 5.74) is 10.8. The second-order valence-corrected chi connectivity index (χ2v) is 13.5. The minimum absolute atomic E-state index is 1.01. The molecule has 4 heterocycles. The number of fused-ring (bicyclic) bond motifs is 2. The average Bonchev–Trinajstić information content (AvgIpc) is 3.27. The van der Waals surface area contributed by atoms with Gasteiger partial charge in [-0.1, -0.05) is 85.0 Å². The molecule has 4 aromatic carbocycles. The van der Waals surface area contributed by atoms with Crippen LogP contribution < -0.4 is 9.80 Å². The molecule has 6 nitrogen and oxygen atoms in total. The molecule has 0 aliphatic heterocycles. The first-order chi connectivity index (χ1) is 27.8. The van der Waals surface area contributed by atoms with Crippen LogP contribution in [0.15, 0.2) is 195 Å². The predicted octanol–water partition coefficient (Wildman–Crippen LogP) is 13.0. The van der Waals surface area contributed by atoms with Crippen molar-refractivity contribution >= 4 is 73.9 Å². The van der Waals surface area contributed by atoms with Crippen molar-refractivity contribution < 1.29 is 0 Å². The smallest absolute Gasteiger partial charge is 0.0492 e. The molecule has 0 amide bonds. The van der Waals surface area contributed by atoms with Crippen LogP contribution in [0.5, 0.6) is 0 Å². The second-order valence-electron chi connectivity index (χ2n) is 13.5. The first kappa shape index (κ1) is 34.3. The third-order valence-corrected chi connectivity index (χ3v) is 10.1. The quantitative estimate of drug-likeness (QED) is 0.103. The molecule has 1 aliphatic carbocycles. The summed E-state index contributed by atoms with van der Waals surface area (Å²) in [5.74, 6) is 0. The highest BCUT2D eigenvalue weighted by Crippen LogP contribution is 2.43. The van der Waals surface area contributed by atoms with E-state index >= 15 is 0 Å². The lowest BCUT2D eigenvalue weighted by molar-refractivity contribution is 1.03. The number of benzene rings is 4. The monoisotopic (exact) mass is 722 g/mol. The Kier molecular flexibility index (Phi) is 9.74. The van der Waals surface area contributed by atoms with Crippen molar-refractivity contribution in [2.75, 3.05) is 9.80 Å². The summed E-state index contributed by atoms with van der Waals surface area (Å²) < 4.78 is 0. The van der Waals surface area contributed by atoms with Crippen molar-refractivity contribution in [3.8, 4) is 0 Å². The molecule has 0 N–H and O–H groups in total. The zero-order valence-corrected chi connectivity index (χ0v) is 30.7. The molecule has 6 heteroatoms. The Balaban J connectivity index is 1.33. The minimum Gasteiger partial charge on any atom is -0.310 e. The molecule has 0 radical (unpaired) electrons. The van der Waals surface area contributed by atoms with E-state index in [1.165, 1.54) is 5.57 Å². The van der Waals surface area contributed by atoms with Gasteiger partial charge in [0, 0.05) is 83.7 Å². The minimum atomic E-state index is 1.01. The Morgan fingerprint density at radius 1 is 0.393 bits per heavy atom. The number of allylic oxidation sites excluding steroid dienone is 5. The van der Waals surface area contributed by atoms with Crippen LogP contribution in [0.2, 0.25) is 0 Å². The Bertz CT molecular complexity index is 2650. The van der Waals surface area contributed by atoms with Gasteiger partial charge < -0.3 is 9.80 Å². The van der Waals surface area contributed by atoms with Gasteiger partial charge in [-0.05, 0) is 129 Å². The summed E-state index contributed by atoms with van der Waals surface area (Å²) in [6, 6.07) is 40.5. The predicted molar refractivity (Wildman–Crippen MR) is 233 cm³/mol. The molecule has 0 atom stereocenters. The Labute approximate surface area is 326 Å². The molecule has 0 fully saturated rings. The van der Waals surface area contributed by atoms with Gasteiger partial charge in [0.05, 0.1) is 0 Å². The van der Waals surface area contributed by atoms with Crippen LogP contribution in [0.3, 0.4) is 0 Å². The maximum Gasteiger partial charge on any atom is 0.0492 e. The Morgan fingerprint density at radius 2 is 0.839 bits per heavy atom. The maximum absolute atomic E-state index is 4.32. The third kappa shape index (κ3) is 7.11. The number of rotatable bonds is 10. The maximum atomic E-state index is 4.32. The van der Waals surface area contributed by atoms with E-state index in [-0.39, 0.29) is 0 Å². The number of anilines is 6. The van der Waals surface area contributed by atoms with E-state index in [1.54, 1.807) is 0 Å². The zero-order valence-electron chi connectivity index (χ0n) is 30.7. The van der Waals surface area contributed by atoms with E-state index in [2.05, 4.69) is 139 Å². The Hall–Kier alpha value is -7.44. The number of hydrogen-bond donors (Lipinski definition) is 0. The van der Waals surface area contributed by atoms with Crippen molar-refractivity contribution in [1.29, 1.82) is 0 Å². The van der Waals surface area contributed by atoms with Gasteiger partial charge in [0.2, 0.25) is 0 Å². The summed E-state index contributed by atoms with van der Waals surface area (Å²) in [7, 11) is 0. The lowest BCUT2D eigenvalue weighted by Crippen LogP contribution is -2.10. The largest absolute Gasteiger partial charge is 0.310 e. The van der Waals surface area contributed by atoms with Crippen molar-refractivity contribution in [3.63, 3.8) is 0 Å². The van der Waals surface area contributed by atoms with Gasteiger partial charge in [0.1, 0.15) is 0 Å². The lowest BCUT2D eigenvalue weighted by atomic mass is 9.89. The molecular formula is C50H38N6. The molecule has 9 rings (SSSR count). The van der Waals surface area contributed by atoms with Gasteiger partial charge in [-0.3, -0.25) is 19.9 Å². The third-order valence-electron chi connectivity index (χ3n) is 10.1. The standard InChI is InChI=1S/C50H38N6/c1-3-7-37(8-4-1)11-15-45-47-17-13-44(56(41-23-31-53-32-24-41)42-25-33-54-34-26-42)36-50(47)46(16-12-38-9-5-2-6-10-38)48-18-14-43(35-49(45)48)55(39-19-27-51-28-20-39)40-21-29-52-30-22-40/h1,3-5,7-36H,2,6H2/b15-11+,16-12+. The topological polar surface area (TPSA) is 58.0 Å². The number of pyridine rings is 4. The van der Waals surface area contributed by atoms with E-state index in [4.69, 9.17) is 0 Å². The van der Waals surface area contributed by atoms with E-state index in [0.717, 1.165) is 85.2 Å². The fourth-order valence-electron chi connectivity index (χ4n) is 7.45. The Morgan fingerprint density at radius 3 is 1.27 bits per heavy atom. The summed E-state index contributed by atoms with van der Waals surface area (Å²) in [6.45, 7) is 0. The van der Waals surface area contributed by atoms with Crippen molar-refractivity contribution in [2.45, 2.75) is 12.8 Å². The highest BCUT2D eigenvalue weighted by Gasteiger charge is 2.19. The normalized spacial score (nSPS) is 12.8. The molecule has 56 heavy (non-hydrogen) atoms. The van der Waals surface area contributed by atoms with Gasteiger partial charge in [0.15, 0.2) is 0 Å². The van der Waals surface area contributed by atoms with E-state index in [0.29, 0.717) is 0 Å². The van der Waals surface area contributed by atoms with Crippen LogP contribution in [0.4, 0.5) is 34.1 Å². The van der Waals surface area contributed by atoms with Gasteiger partial charge >= 0.3 is 0 Å². The van der Waals surface area contributed by atoms with Crippen LogP contribution in [-0.2, 0) is 0 Å². The van der Waals surface area contributed by atoms with E-state index in [9.17, 15) is 0 Å². The SMILES string of the molecule is C1=CC(/C=C/c2c3ccc(N(c4ccncc4)c4ccncc4)cc3c(/C=C/c3ccccc3)c3ccc(N(c4ccncc4)c4ccncc4)cc23)=CCC1. The molecule has 268 valence electrons. The average molecular weight is 723 g/mol. The van der Waals surface area contributed by atoms with Crippen molar-refractivity contribution in [2.24, 2.45) is 0 Å². The molecule has 0 spiro atoms. The molecule has 0 saturated heterocycles. The van der Waals surface area contributed by atoms with Gasteiger partial charge in [-0.25, -0.2) is 0 Å².